The summed E-state index contributed by atoms with van der Waals surface area (Å²) < 4.78 is 4.73. The summed E-state index contributed by atoms with van der Waals surface area (Å²) >= 11 is 0. The Hall–Kier alpha value is -2.30. The zero-order valence-electron chi connectivity index (χ0n) is 9.52. The van der Waals surface area contributed by atoms with Crippen LogP contribution in [-0.4, -0.2) is 16.2 Å². The van der Waals surface area contributed by atoms with E-state index in [1.165, 1.54) is 0 Å². The molecule has 2 rings (SSSR count). The van der Waals surface area contributed by atoms with Crippen molar-refractivity contribution in [3.63, 3.8) is 0 Å². The van der Waals surface area contributed by atoms with Gasteiger partial charge in [0, 0.05) is 0 Å². The first-order valence-corrected chi connectivity index (χ1v) is 5.06. The van der Waals surface area contributed by atoms with Crippen LogP contribution in [0.5, 0.6) is 0 Å². The first kappa shape index (κ1) is 11.2. The third kappa shape index (κ3) is 1.87. The molecular formula is C12H12N2O3. The van der Waals surface area contributed by atoms with E-state index < -0.39 is 5.97 Å². The van der Waals surface area contributed by atoms with Crippen LogP contribution in [-0.2, 0) is 0 Å². The summed E-state index contributed by atoms with van der Waals surface area (Å²) in [6.45, 7) is 3.93. The smallest absolute Gasteiger partial charge is 0.358 e. The monoisotopic (exact) mass is 232 g/mol. The molecule has 3 N–H and O–H groups in total. The molecule has 1 aromatic carbocycles. The zero-order chi connectivity index (χ0) is 12.6. The summed E-state index contributed by atoms with van der Waals surface area (Å²) in [6.07, 6.45) is 0. The third-order valence-corrected chi connectivity index (χ3v) is 2.72. The van der Waals surface area contributed by atoms with Crippen molar-refractivity contribution in [2.45, 2.75) is 13.8 Å². The zero-order valence-corrected chi connectivity index (χ0v) is 9.52. The second kappa shape index (κ2) is 3.93. The van der Waals surface area contributed by atoms with Crippen LogP contribution in [0.1, 0.15) is 21.6 Å². The quantitative estimate of drug-likeness (QED) is 0.828. The molecule has 1 heterocycles. The molecule has 0 amide bonds. The average molecular weight is 232 g/mol. The van der Waals surface area contributed by atoms with Gasteiger partial charge in [-0.2, -0.15) is 0 Å². The Kier molecular flexibility index (Phi) is 2.59. The van der Waals surface area contributed by atoms with Gasteiger partial charge in [0.1, 0.15) is 0 Å². The molecule has 0 aliphatic rings. The van der Waals surface area contributed by atoms with Crippen LogP contribution in [0.15, 0.2) is 22.7 Å². The van der Waals surface area contributed by atoms with Crippen LogP contribution in [0.4, 0.5) is 5.88 Å². The van der Waals surface area contributed by atoms with Gasteiger partial charge in [-0.25, -0.2) is 4.79 Å². The van der Waals surface area contributed by atoms with Gasteiger partial charge in [0.25, 0.3) is 0 Å². The lowest BCUT2D eigenvalue weighted by molar-refractivity contribution is 0.0686. The fourth-order valence-corrected chi connectivity index (χ4v) is 1.62. The molecule has 0 unspecified atom stereocenters. The molecule has 88 valence electrons. The molecule has 0 spiro atoms. The number of nitrogens with zero attached hydrogens (tertiary/aromatic N) is 1. The first-order chi connectivity index (χ1) is 8.00. The maximum Gasteiger partial charge on any atom is 0.358 e. The number of carboxylic acids is 1. The predicted octanol–water partition coefficient (Wildman–Crippen LogP) is 2.24. The Labute approximate surface area is 97.8 Å². The minimum atomic E-state index is -1.15. The van der Waals surface area contributed by atoms with Gasteiger partial charge in [0.05, 0.1) is 5.56 Å². The highest BCUT2D eigenvalue weighted by atomic mass is 16.5. The number of anilines is 1. The van der Waals surface area contributed by atoms with E-state index in [9.17, 15) is 4.79 Å². The lowest BCUT2D eigenvalue weighted by atomic mass is 10.0. The van der Waals surface area contributed by atoms with Crippen molar-refractivity contribution in [1.82, 2.24) is 5.16 Å². The van der Waals surface area contributed by atoms with E-state index in [1.807, 2.05) is 26.0 Å². The van der Waals surface area contributed by atoms with Crippen molar-refractivity contribution in [1.29, 1.82) is 0 Å². The predicted molar refractivity (Wildman–Crippen MR) is 62.8 cm³/mol. The number of aryl methyl sites for hydroxylation is 2. The summed E-state index contributed by atoms with van der Waals surface area (Å²) in [5, 5.41) is 12.4. The number of carbonyl (C=O) groups is 1. The Morgan fingerprint density at radius 3 is 2.65 bits per heavy atom. The fourth-order valence-electron chi connectivity index (χ4n) is 1.62. The maximum absolute atomic E-state index is 11.0. The summed E-state index contributed by atoms with van der Waals surface area (Å²) in [4.78, 5) is 11.0. The van der Waals surface area contributed by atoms with E-state index in [2.05, 4.69) is 5.16 Å². The largest absolute Gasteiger partial charge is 0.476 e. The number of hydrogen-bond acceptors (Lipinski definition) is 4. The highest BCUT2D eigenvalue weighted by Gasteiger charge is 2.21. The van der Waals surface area contributed by atoms with Crippen LogP contribution in [0.2, 0.25) is 0 Å². The van der Waals surface area contributed by atoms with Gasteiger partial charge in [-0.05, 0) is 30.5 Å². The van der Waals surface area contributed by atoms with Crippen molar-refractivity contribution in [3.05, 3.63) is 35.0 Å². The van der Waals surface area contributed by atoms with Crippen LogP contribution >= 0.6 is 0 Å². The Morgan fingerprint density at radius 2 is 2.06 bits per heavy atom. The molecule has 0 saturated heterocycles. The van der Waals surface area contributed by atoms with Gasteiger partial charge in [-0.3, -0.25) is 0 Å². The Balaban J connectivity index is 2.63. The number of aromatic nitrogens is 1. The number of aromatic carboxylic acids is 1. The van der Waals surface area contributed by atoms with Crippen molar-refractivity contribution in [2.24, 2.45) is 0 Å². The van der Waals surface area contributed by atoms with E-state index in [0.717, 1.165) is 11.1 Å². The summed E-state index contributed by atoms with van der Waals surface area (Å²) in [5.74, 6) is -1.13. The number of carboxylic acid groups (broad SMARTS) is 1. The first-order valence-electron chi connectivity index (χ1n) is 5.06. The molecule has 0 radical (unpaired) electrons. The number of nitrogens with two attached hydrogens (primary N) is 1. The van der Waals surface area contributed by atoms with Crippen LogP contribution in [0.3, 0.4) is 0 Å². The van der Waals surface area contributed by atoms with E-state index in [0.29, 0.717) is 11.1 Å². The molecule has 2 aromatic rings. The van der Waals surface area contributed by atoms with Crippen molar-refractivity contribution in [2.75, 3.05) is 5.73 Å². The molecule has 0 fully saturated rings. The number of benzene rings is 1. The Bertz CT molecular complexity index is 587. The van der Waals surface area contributed by atoms with Gasteiger partial charge in [-0.15, -0.1) is 0 Å². The summed E-state index contributed by atoms with van der Waals surface area (Å²) in [6, 6.07) is 5.57. The minimum absolute atomic E-state index is 0.0191. The molecule has 0 atom stereocenters. The number of hydrogen-bond donors (Lipinski definition) is 2. The topological polar surface area (TPSA) is 89.3 Å². The standard InChI is InChI=1S/C12H12N2O3/c1-6-3-4-8(5-7(6)2)9-10(12(15)16)14-17-11(9)13/h3-5H,13H2,1-2H3,(H,15,16). The molecule has 5 heteroatoms. The normalized spacial score (nSPS) is 10.5. The fraction of sp³-hybridized carbons (Fsp3) is 0.167. The molecule has 17 heavy (non-hydrogen) atoms. The molecule has 0 aliphatic carbocycles. The second-order valence-electron chi connectivity index (χ2n) is 3.87. The lowest BCUT2D eigenvalue weighted by Crippen LogP contribution is -2.00. The molecular weight excluding hydrogens is 220 g/mol. The molecule has 0 aliphatic heterocycles. The van der Waals surface area contributed by atoms with Gasteiger partial charge < -0.3 is 15.4 Å². The van der Waals surface area contributed by atoms with Crippen LogP contribution < -0.4 is 5.73 Å². The van der Waals surface area contributed by atoms with E-state index in [-0.39, 0.29) is 11.6 Å². The second-order valence-corrected chi connectivity index (χ2v) is 3.87. The van der Waals surface area contributed by atoms with Gasteiger partial charge in [-0.1, -0.05) is 23.4 Å². The van der Waals surface area contributed by atoms with Gasteiger partial charge >= 0.3 is 5.97 Å². The van der Waals surface area contributed by atoms with E-state index in [4.69, 9.17) is 15.4 Å². The van der Waals surface area contributed by atoms with Crippen LogP contribution in [0, 0.1) is 13.8 Å². The average Bonchev–Trinajstić information content (AvgIpc) is 2.64. The highest BCUT2D eigenvalue weighted by Crippen LogP contribution is 2.30. The maximum atomic E-state index is 11.0. The Morgan fingerprint density at radius 1 is 1.35 bits per heavy atom. The van der Waals surface area contributed by atoms with Crippen molar-refractivity contribution >= 4 is 11.9 Å². The third-order valence-electron chi connectivity index (χ3n) is 2.72. The van der Waals surface area contributed by atoms with Crippen molar-refractivity contribution in [3.8, 4) is 11.1 Å². The SMILES string of the molecule is Cc1ccc(-c2c(C(=O)O)noc2N)cc1C. The molecule has 5 nitrogen and oxygen atoms in total. The molecule has 0 bridgehead atoms. The summed E-state index contributed by atoms with van der Waals surface area (Å²) in [5.41, 5.74) is 8.66. The number of nitrogen functional groups attached to an aromatic ring is 1. The van der Waals surface area contributed by atoms with Gasteiger partial charge in [0.2, 0.25) is 11.6 Å². The van der Waals surface area contributed by atoms with Crippen molar-refractivity contribution < 1.29 is 14.4 Å². The van der Waals surface area contributed by atoms with Crippen LogP contribution in [0.25, 0.3) is 11.1 Å². The minimum Gasteiger partial charge on any atom is -0.476 e. The molecule has 0 saturated carbocycles. The van der Waals surface area contributed by atoms with E-state index in [1.54, 1.807) is 6.07 Å². The van der Waals surface area contributed by atoms with Gasteiger partial charge in [0.15, 0.2) is 0 Å². The van der Waals surface area contributed by atoms with E-state index >= 15 is 0 Å². The molecule has 1 aromatic heterocycles. The lowest BCUT2D eigenvalue weighted by Gasteiger charge is -2.04. The summed E-state index contributed by atoms with van der Waals surface area (Å²) in [7, 11) is 0. The number of rotatable bonds is 2. The highest BCUT2D eigenvalue weighted by molar-refractivity contribution is 5.96.